The molecule has 0 aromatic rings. The minimum atomic E-state index is -1.22. The molecule has 4 aliphatic rings. The number of hydrogen-bond acceptors (Lipinski definition) is 0. The van der Waals surface area contributed by atoms with Gasteiger partial charge in [0.25, 0.3) is 0 Å². The first-order valence-electron chi connectivity index (χ1n) is 5.83. The molecule has 0 nitrogen and oxygen atoms in total. The van der Waals surface area contributed by atoms with Crippen LogP contribution in [0.25, 0.3) is 0 Å². The largest absolute Gasteiger partial charge is 0.115 e. The van der Waals surface area contributed by atoms with Gasteiger partial charge in [-0.2, -0.15) is 0 Å². The predicted octanol–water partition coefficient (Wildman–Crippen LogP) is 3.93. The van der Waals surface area contributed by atoms with Crippen molar-refractivity contribution in [3.63, 3.8) is 0 Å². The lowest BCUT2D eigenvalue weighted by Gasteiger charge is -2.39. The van der Waals surface area contributed by atoms with Gasteiger partial charge in [0.15, 0.2) is 0 Å². The Kier molecular flexibility index (Phi) is 1.52. The van der Waals surface area contributed by atoms with Crippen molar-refractivity contribution in [1.29, 1.82) is 0 Å². The van der Waals surface area contributed by atoms with E-state index in [1.165, 1.54) is 8.20 Å². The Morgan fingerprint density at radius 3 is 2.81 bits per heavy atom. The van der Waals surface area contributed by atoms with Gasteiger partial charge in [-0.05, 0) is 34.0 Å². The SMILES string of the molecule is C[Si]1(C)C2=CC=C3P=C(C4=CC=CC4)C1=C32. The van der Waals surface area contributed by atoms with Gasteiger partial charge in [-0.25, -0.2) is 0 Å². The Hall–Kier alpha value is -0.913. The van der Waals surface area contributed by atoms with Gasteiger partial charge in [-0.15, -0.1) is 0 Å². The first-order chi connectivity index (χ1) is 7.69. The van der Waals surface area contributed by atoms with Crippen LogP contribution >= 0.6 is 8.20 Å². The number of rotatable bonds is 1. The lowest BCUT2D eigenvalue weighted by molar-refractivity contribution is 1.37. The minimum absolute atomic E-state index is 1.15. The monoisotopic (exact) mass is 240 g/mol. The van der Waals surface area contributed by atoms with Gasteiger partial charge in [0, 0.05) is 10.6 Å². The van der Waals surface area contributed by atoms with Crippen LogP contribution in [0.15, 0.2) is 57.2 Å². The second-order valence-corrected chi connectivity index (χ2v) is 10.7. The van der Waals surface area contributed by atoms with Crippen molar-refractivity contribution in [2.45, 2.75) is 19.5 Å². The van der Waals surface area contributed by atoms with Crippen molar-refractivity contribution < 1.29 is 0 Å². The molecule has 0 atom stereocenters. The summed E-state index contributed by atoms with van der Waals surface area (Å²) < 4.78 is 0. The minimum Gasteiger partial charge on any atom is -0.0801 e. The maximum absolute atomic E-state index is 2.50. The zero-order valence-electron chi connectivity index (χ0n) is 9.54. The van der Waals surface area contributed by atoms with Gasteiger partial charge in [-0.3, -0.25) is 0 Å². The van der Waals surface area contributed by atoms with Crippen LogP contribution in [0.5, 0.6) is 0 Å². The molecule has 0 bridgehead atoms. The van der Waals surface area contributed by atoms with Gasteiger partial charge in [0.1, 0.15) is 8.07 Å². The molecule has 0 amide bonds. The normalized spacial score (nSPS) is 28.4. The number of allylic oxidation sites excluding steroid dienone is 10. The third kappa shape index (κ3) is 0.862. The van der Waals surface area contributed by atoms with Gasteiger partial charge in [0.2, 0.25) is 0 Å². The van der Waals surface area contributed by atoms with E-state index in [1.807, 2.05) is 0 Å². The molecular formula is C14H13PSi. The van der Waals surface area contributed by atoms with Crippen molar-refractivity contribution >= 4 is 21.6 Å². The predicted molar refractivity (Wildman–Crippen MR) is 74.4 cm³/mol. The topological polar surface area (TPSA) is 0 Å². The van der Waals surface area contributed by atoms with Crippen LogP contribution in [-0.2, 0) is 0 Å². The molecule has 0 unspecified atom stereocenters. The molecular weight excluding hydrogens is 227 g/mol. The molecule has 2 aliphatic carbocycles. The fraction of sp³-hybridized carbons (Fsp3) is 0.214. The summed E-state index contributed by atoms with van der Waals surface area (Å²) in [6.07, 6.45) is 12.7. The zero-order valence-corrected chi connectivity index (χ0v) is 11.4. The van der Waals surface area contributed by atoms with E-state index >= 15 is 0 Å². The Morgan fingerprint density at radius 1 is 1.19 bits per heavy atom. The van der Waals surface area contributed by atoms with Crippen molar-refractivity contribution in [2.75, 3.05) is 0 Å². The highest BCUT2D eigenvalue weighted by molar-refractivity contribution is 7.50. The van der Waals surface area contributed by atoms with E-state index in [4.69, 9.17) is 0 Å². The average Bonchev–Trinajstić information content (AvgIpc) is 2.89. The average molecular weight is 240 g/mol. The quantitative estimate of drug-likeness (QED) is 0.481. The van der Waals surface area contributed by atoms with Crippen LogP contribution in [0.2, 0.25) is 13.1 Å². The molecule has 0 aromatic carbocycles. The van der Waals surface area contributed by atoms with E-state index in [-0.39, 0.29) is 0 Å². The molecule has 78 valence electrons. The third-order valence-electron chi connectivity index (χ3n) is 4.03. The van der Waals surface area contributed by atoms with Gasteiger partial charge in [0.05, 0.1) is 0 Å². The van der Waals surface area contributed by atoms with Crippen molar-refractivity contribution in [3.8, 4) is 0 Å². The lowest BCUT2D eigenvalue weighted by atomic mass is 10.1. The Balaban J connectivity index is 1.90. The molecule has 0 N–H and O–H groups in total. The van der Waals surface area contributed by atoms with Crippen molar-refractivity contribution in [3.05, 3.63) is 57.2 Å². The van der Waals surface area contributed by atoms with Gasteiger partial charge in [-0.1, -0.05) is 45.6 Å². The first-order valence-corrected chi connectivity index (χ1v) is 9.72. The smallest absolute Gasteiger partial charge is 0.0801 e. The summed E-state index contributed by atoms with van der Waals surface area (Å²) in [4.78, 5) is 0. The lowest BCUT2D eigenvalue weighted by Crippen LogP contribution is -2.44. The summed E-state index contributed by atoms with van der Waals surface area (Å²) in [5.74, 6) is 0. The maximum atomic E-state index is 2.50. The third-order valence-corrected chi connectivity index (χ3v) is 9.10. The maximum Gasteiger partial charge on any atom is 0.115 e. The molecule has 0 saturated carbocycles. The highest BCUT2D eigenvalue weighted by Crippen LogP contribution is 2.58. The van der Waals surface area contributed by atoms with Crippen LogP contribution in [-0.4, -0.2) is 13.4 Å². The summed E-state index contributed by atoms with van der Waals surface area (Å²) in [6, 6.07) is 0. The molecule has 0 spiro atoms. The molecule has 2 heteroatoms. The molecule has 4 rings (SSSR count). The van der Waals surface area contributed by atoms with Crippen LogP contribution in [0.1, 0.15) is 6.42 Å². The van der Waals surface area contributed by atoms with Crippen LogP contribution in [0, 0.1) is 0 Å². The van der Waals surface area contributed by atoms with E-state index in [0.29, 0.717) is 0 Å². The van der Waals surface area contributed by atoms with E-state index in [0.717, 1.165) is 6.42 Å². The molecule has 2 aliphatic heterocycles. The summed E-state index contributed by atoms with van der Waals surface area (Å²) in [5.41, 5.74) is 3.21. The molecule has 16 heavy (non-hydrogen) atoms. The van der Waals surface area contributed by atoms with E-state index in [9.17, 15) is 0 Å². The Labute approximate surface area is 98.6 Å². The molecule has 2 heterocycles. The number of hydrogen-bond donors (Lipinski definition) is 0. The van der Waals surface area contributed by atoms with Crippen LogP contribution in [0.3, 0.4) is 0 Å². The Bertz CT molecular complexity index is 607. The highest BCUT2D eigenvalue weighted by atomic mass is 31.1. The van der Waals surface area contributed by atoms with Crippen molar-refractivity contribution in [2.24, 2.45) is 0 Å². The van der Waals surface area contributed by atoms with E-state index < -0.39 is 8.07 Å². The standard InChI is InChI=1S/C14H13PSi/c1-16(2)11-8-7-10-12(11)14(16)13(15-10)9-5-3-4-6-9/h3-5,7-8H,6H2,1-2H3. The van der Waals surface area contributed by atoms with Crippen molar-refractivity contribution in [1.82, 2.24) is 0 Å². The van der Waals surface area contributed by atoms with E-state index in [2.05, 4.69) is 43.5 Å². The summed E-state index contributed by atoms with van der Waals surface area (Å²) in [6.45, 7) is 5.00. The second kappa shape index (κ2) is 2.67. The highest BCUT2D eigenvalue weighted by Gasteiger charge is 2.51. The summed E-state index contributed by atoms with van der Waals surface area (Å²) in [5, 5.41) is 6.69. The molecule has 0 fully saturated rings. The zero-order chi connectivity index (χ0) is 10.9. The second-order valence-electron chi connectivity index (χ2n) is 5.29. The van der Waals surface area contributed by atoms with Crippen LogP contribution in [0.4, 0.5) is 0 Å². The van der Waals surface area contributed by atoms with Gasteiger partial charge < -0.3 is 0 Å². The molecule has 0 radical (unpaired) electrons. The fourth-order valence-electron chi connectivity index (χ4n) is 3.17. The summed E-state index contributed by atoms with van der Waals surface area (Å²) in [7, 11) is 0.249. The molecule has 0 aromatic heterocycles. The fourth-order valence-corrected chi connectivity index (χ4v) is 8.77. The Morgan fingerprint density at radius 2 is 2.06 bits per heavy atom. The van der Waals surface area contributed by atoms with Crippen LogP contribution < -0.4 is 0 Å². The first kappa shape index (κ1) is 9.15. The van der Waals surface area contributed by atoms with E-state index in [1.54, 1.807) is 32.1 Å². The van der Waals surface area contributed by atoms with Gasteiger partial charge >= 0.3 is 0 Å². The summed E-state index contributed by atoms with van der Waals surface area (Å²) >= 11 is 0. The molecule has 0 saturated heterocycles.